The summed E-state index contributed by atoms with van der Waals surface area (Å²) >= 11 is 0. The van der Waals surface area contributed by atoms with Gasteiger partial charge in [0.05, 0.1) is 11.0 Å². The molecule has 54 heavy (non-hydrogen) atoms. The number of hydrogen-bond acceptors (Lipinski definition) is 2. The number of aromatic nitrogens is 1. The molecule has 0 aliphatic rings. The highest BCUT2D eigenvalue weighted by molar-refractivity contribution is 7.85. The summed E-state index contributed by atoms with van der Waals surface area (Å²) in [5.41, 5.74) is 6.74. The number of nitrogens with zero attached hydrogens (tertiary/aromatic N) is 1. The molecule has 10 aromatic carbocycles. The molecule has 0 bridgehead atoms. The van der Waals surface area contributed by atoms with Crippen LogP contribution in [0.25, 0.3) is 87.1 Å². The van der Waals surface area contributed by atoms with Gasteiger partial charge in [0.1, 0.15) is 0 Å². The molecule has 0 aliphatic heterocycles. The zero-order valence-electron chi connectivity index (χ0n) is 29.3. The summed E-state index contributed by atoms with van der Waals surface area (Å²) in [7, 11) is -3.07. The minimum Gasteiger partial charge on any atom is -0.309 e. The highest BCUT2D eigenvalue weighted by atomic mass is 31.2. The monoisotopic (exact) mass is 705 g/mol. The van der Waals surface area contributed by atoms with Gasteiger partial charge >= 0.3 is 0 Å². The van der Waals surface area contributed by atoms with Gasteiger partial charge in [0.25, 0.3) is 0 Å². The Hall–Kier alpha value is -6.60. The van der Waals surface area contributed by atoms with E-state index in [0.717, 1.165) is 54.2 Å². The highest BCUT2D eigenvalue weighted by Crippen LogP contribution is 2.46. The van der Waals surface area contributed by atoms with Crippen molar-refractivity contribution in [1.82, 2.24) is 4.98 Å². The van der Waals surface area contributed by atoms with Gasteiger partial charge in [-0.3, -0.25) is 0 Å². The average Bonchev–Trinajstić information content (AvgIpc) is 3.25. The second kappa shape index (κ2) is 12.0. The molecule has 0 saturated heterocycles. The Morgan fingerprint density at radius 1 is 0.352 bits per heavy atom. The lowest BCUT2D eigenvalue weighted by Gasteiger charge is -2.21. The number of para-hydroxylation sites is 1. The summed E-state index contributed by atoms with van der Waals surface area (Å²) in [4.78, 5) is 5.14. The zero-order valence-corrected chi connectivity index (χ0v) is 30.2. The molecule has 0 radical (unpaired) electrons. The summed E-state index contributed by atoms with van der Waals surface area (Å²) in [6, 6.07) is 68.0. The molecule has 11 rings (SSSR count). The van der Waals surface area contributed by atoms with E-state index in [1.54, 1.807) is 0 Å². The smallest absolute Gasteiger partial charge is 0.171 e. The van der Waals surface area contributed by atoms with E-state index in [1.165, 1.54) is 48.8 Å². The van der Waals surface area contributed by atoms with Crippen molar-refractivity contribution in [3.8, 4) is 22.3 Å². The van der Waals surface area contributed by atoms with Crippen molar-refractivity contribution < 1.29 is 4.57 Å². The second-order valence-electron chi connectivity index (χ2n) is 14.2. The van der Waals surface area contributed by atoms with E-state index in [9.17, 15) is 0 Å². The van der Waals surface area contributed by atoms with Crippen molar-refractivity contribution in [3.63, 3.8) is 0 Å². The maximum Gasteiger partial charge on any atom is 0.171 e. The summed E-state index contributed by atoms with van der Waals surface area (Å²) < 4.78 is 15.1. The van der Waals surface area contributed by atoms with Gasteiger partial charge in [-0.2, -0.15) is 0 Å². The van der Waals surface area contributed by atoms with Gasteiger partial charge in [0, 0.05) is 32.1 Å². The molecule has 0 N–H and O–H groups in total. The van der Waals surface area contributed by atoms with Crippen molar-refractivity contribution >= 4 is 88.0 Å². The maximum atomic E-state index is 15.1. The lowest BCUT2D eigenvalue weighted by Crippen LogP contribution is -2.24. The van der Waals surface area contributed by atoms with Crippen LogP contribution in [0.3, 0.4) is 0 Å². The van der Waals surface area contributed by atoms with Crippen LogP contribution in [-0.2, 0) is 4.57 Å². The van der Waals surface area contributed by atoms with Gasteiger partial charge in [0.15, 0.2) is 7.14 Å². The van der Waals surface area contributed by atoms with E-state index in [1.807, 2.05) is 60.7 Å². The summed E-state index contributed by atoms with van der Waals surface area (Å²) in [5.74, 6) is 0. The number of pyridine rings is 1. The Kier molecular flexibility index (Phi) is 6.86. The van der Waals surface area contributed by atoms with E-state index in [0.29, 0.717) is 0 Å². The molecule has 0 atom stereocenters. The van der Waals surface area contributed by atoms with Crippen LogP contribution in [-0.4, -0.2) is 4.98 Å². The van der Waals surface area contributed by atoms with Crippen LogP contribution in [0.2, 0.25) is 0 Å². The molecule has 252 valence electrons. The van der Waals surface area contributed by atoms with Gasteiger partial charge in [-0.05, 0) is 78.2 Å². The van der Waals surface area contributed by atoms with Crippen molar-refractivity contribution in [2.24, 2.45) is 0 Å². The van der Waals surface area contributed by atoms with E-state index < -0.39 is 7.14 Å². The van der Waals surface area contributed by atoms with Crippen molar-refractivity contribution in [2.45, 2.75) is 0 Å². The standard InChI is InChI=1S/C51H32NOP/c53-54(38-12-3-1-4-13-38,39-14-5-2-6-15-39)40-25-19-33(20-26-40)41-27-21-34-24-30-45-43(28-22-35-23-29-44(41)49(34)50(35)45)47-32-37-31-36-11-7-10-18-48(36)52-51(37)46-17-9-8-16-42(46)47/h1-32H. The third-order valence-electron chi connectivity index (χ3n) is 11.3. The van der Waals surface area contributed by atoms with Crippen molar-refractivity contribution in [1.29, 1.82) is 0 Å². The Morgan fingerprint density at radius 2 is 0.889 bits per heavy atom. The fraction of sp³-hybridized carbons (Fsp3) is 0. The van der Waals surface area contributed by atoms with Crippen LogP contribution in [0.4, 0.5) is 0 Å². The quantitative estimate of drug-likeness (QED) is 0.101. The van der Waals surface area contributed by atoms with Gasteiger partial charge in [0.2, 0.25) is 0 Å². The molecule has 0 unspecified atom stereocenters. The zero-order chi connectivity index (χ0) is 35.8. The Bertz CT molecular complexity index is 3240. The van der Waals surface area contributed by atoms with Gasteiger partial charge < -0.3 is 4.57 Å². The first-order valence-corrected chi connectivity index (χ1v) is 20.1. The van der Waals surface area contributed by atoms with Crippen LogP contribution < -0.4 is 15.9 Å². The molecule has 1 aromatic heterocycles. The van der Waals surface area contributed by atoms with Crippen LogP contribution in [0.5, 0.6) is 0 Å². The van der Waals surface area contributed by atoms with E-state index in [-0.39, 0.29) is 0 Å². The first kappa shape index (κ1) is 31.0. The van der Waals surface area contributed by atoms with Crippen LogP contribution in [0.15, 0.2) is 194 Å². The molecule has 1 heterocycles. The number of hydrogen-bond donors (Lipinski definition) is 0. The van der Waals surface area contributed by atoms with E-state index >= 15 is 4.57 Å². The topological polar surface area (TPSA) is 30.0 Å². The van der Waals surface area contributed by atoms with E-state index in [2.05, 4.69) is 133 Å². The Balaban J connectivity index is 1.10. The minimum absolute atomic E-state index is 0.830. The van der Waals surface area contributed by atoms with Crippen molar-refractivity contribution in [2.75, 3.05) is 0 Å². The molecule has 2 nitrogen and oxygen atoms in total. The largest absolute Gasteiger partial charge is 0.309 e. The predicted octanol–water partition coefficient (Wildman–Crippen LogP) is 12.4. The molecule has 0 saturated carbocycles. The second-order valence-corrected chi connectivity index (χ2v) is 17.0. The molecule has 0 aliphatic carbocycles. The third kappa shape index (κ3) is 4.61. The van der Waals surface area contributed by atoms with Gasteiger partial charge in [-0.25, -0.2) is 4.98 Å². The number of rotatable bonds is 5. The minimum atomic E-state index is -3.07. The fourth-order valence-corrected chi connectivity index (χ4v) is 11.3. The van der Waals surface area contributed by atoms with E-state index in [4.69, 9.17) is 4.98 Å². The molecule has 0 fully saturated rings. The molecule has 3 heteroatoms. The number of benzene rings is 10. The lowest BCUT2D eigenvalue weighted by atomic mass is 9.86. The summed E-state index contributed by atoms with van der Waals surface area (Å²) in [6.07, 6.45) is 0. The van der Waals surface area contributed by atoms with Gasteiger partial charge in [-0.1, -0.05) is 176 Å². The van der Waals surface area contributed by atoms with Crippen LogP contribution >= 0.6 is 7.14 Å². The SMILES string of the molecule is O=P(c1ccccc1)(c1ccccc1)c1ccc(-c2ccc3ccc4c(-c5cc6cc7ccccc7nc6c6ccccc56)ccc5ccc2c3c54)cc1. The Morgan fingerprint density at radius 3 is 1.57 bits per heavy atom. The molecule has 0 amide bonds. The van der Waals surface area contributed by atoms with Crippen molar-refractivity contribution in [3.05, 3.63) is 194 Å². The maximum absolute atomic E-state index is 15.1. The first-order chi connectivity index (χ1) is 26.6. The third-order valence-corrected chi connectivity index (χ3v) is 14.3. The highest BCUT2D eigenvalue weighted by Gasteiger charge is 2.29. The normalized spacial score (nSPS) is 12.1. The summed E-state index contributed by atoms with van der Waals surface area (Å²) in [6.45, 7) is 0. The average molecular weight is 706 g/mol. The first-order valence-electron chi connectivity index (χ1n) is 18.4. The molecular weight excluding hydrogens is 674 g/mol. The lowest BCUT2D eigenvalue weighted by molar-refractivity contribution is 0.592. The fourth-order valence-electron chi connectivity index (χ4n) is 8.70. The van der Waals surface area contributed by atoms with Gasteiger partial charge in [-0.15, -0.1) is 0 Å². The number of fused-ring (bicyclic) bond motifs is 4. The van der Waals surface area contributed by atoms with Crippen LogP contribution in [0, 0.1) is 0 Å². The molecular formula is C51H32NOP. The summed E-state index contributed by atoms with van der Waals surface area (Å²) in [5, 5.41) is 14.6. The molecule has 11 aromatic rings. The predicted molar refractivity (Wildman–Crippen MR) is 231 cm³/mol. The molecule has 0 spiro atoms. The van der Waals surface area contributed by atoms with Crippen LogP contribution in [0.1, 0.15) is 0 Å². The Labute approximate surface area is 312 Å².